The summed E-state index contributed by atoms with van der Waals surface area (Å²) in [5.41, 5.74) is 0.109. The summed E-state index contributed by atoms with van der Waals surface area (Å²) in [5.74, 6) is 0.460. The molecule has 20 heavy (non-hydrogen) atoms. The highest BCUT2D eigenvalue weighted by Gasteiger charge is 2.35. The highest BCUT2D eigenvalue weighted by molar-refractivity contribution is 7.16. The standard InChI is InChI=1S/C13H21N3O3S/c1-8-6-15(7-11(8)14(3)4)13-10(16(18)19)5-12(20-13)9(2)17/h5,8-9,11,17H,6-7H2,1-4H3. The molecule has 0 amide bonds. The fraction of sp³-hybridized carbons (Fsp3) is 0.692. The number of thiophene rings is 1. The van der Waals surface area contributed by atoms with Gasteiger partial charge in [0.15, 0.2) is 5.00 Å². The molecular weight excluding hydrogens is 278 g/mol. The average Bonchev–Trinajstić information content (AvgIpc) is 2.91. The molecule has 7 heteroatoms. The van der Waals surface area contributed by atoms with Gasteiger partial charge >= 0.3 is 5.69 Å². The Kier molecular flexibility index (Phi) is 4.31. The maximum atomic E-state index is 11.2. The third-order valence-corrected chi connectivity index (χ3v) is 5.20. The lowest BCUT2D eigenvalue weighted by Crippen LogP contribution is -2.34. The molecule has 0 bridgehead atoms. The van der Waals surface area contributed by atoms with Crippen LogP contribution in [0.5, 0.6) is 0 Å². The van der Waals surface area contributed by atoms with E-state index in [0.29, 0.717) is 21.8 Å². The maximum absolute atomic E-state index is 11.2. The summed E-state index contributed by atoms with van der Waals surface area (Å²) in [7, 11) is 4.07. The van der Waals surface area contributed by atoms with Crippen molar-refractivity contribution in [3.63, 3.8) is 0 Å². The third kappa shape index (κ3) is 2.79. The fourth-order valence-electron chi connectivity index (χ4n) is 2.74. The molecule has 3 unspecified atom stereocenters. The zero-order valence-electron chi connectivity index (χ0n) is 12.2. The van der Waals surface area contributed by atoms with Crippen LogP contribution in [-0.2, 0) is 0 Å². The third-order valence-electron chi connectivity index (χ3n) is 3.84. The summed E-state index contributed by atoms with van der Waals surface area (Å²) in [6, 6.07) is 1.89. The number of rotatable bonds is 4. The van der Waals surface area contributed by atoms with Crippen LogP contribution in [0, 0.1) is 16.0 Å². The van der Waals surface area contributed by atoms with Gasteiger partial charge in [0.05, 0.1) is 11.0 Å². The molecule has 6 nitrogen and oxygen atoms in total. The van der Waals surface area contributed by atoms with Crippen molar-refractivity contribution in [2.75, 3.05) is 32.1 Å². The summed E-state index contributed by atoms with van der Waals surface area (Å²) in [5, 5.41) is 21.5. The Balaban J connectivity index is 2.31. The van der Waals surface area contributed by atoms with Gasteiger partial charge in [-0.25, -0.2) is 0 Å². The molecule has 0 spiro atoms. The number of likely N-dealkylation sites (N-methyl/N-ethyl adjacent to an activating group) is 1. The SMILES string of the molecule is CC(O)c1cc([N+](=O)[O-])c(N2CC(C)C(N(C)C)C2)s1. The molecule has 1 aliphatic heterocycles. The number of nitrogens with zero attached hydrogens (tertiary/aromatic N) is 3. The molecule has 2 heterocycles. The average molecular weight is 299 g/mol. The van der Waals surface area contributed by atoms with Gasteiger partial charge in [-0.1, -0.05) is 6.92 Å². The molecule has 0 aliphatic carbocycles. The van der Waals surface area contributed by atoms with Crippen LogP contribution >= 0.6 is 11.3 Å². The van der Waals surface area contributed by atoms with Gasteiger partial charge in [-0.15, -0.1) is 11.3 Å². The highest BCUT2D eigenvalue weighted by Crippen LogP contribution is 2.42. The highest BCUT2D eigenvalue weighted by atomic mass is 32.1. The Hall–Kier alpha value is -1.18. The maximum Gasteiger partial charge on any atom is 0.304 e. The first-order chi connectivity index (χ1) is 9.31. The molecular formula is C13H21N3O3S. The number of hydrogen-bond acceptors (Lipinski definition) is 6. The zero-order valence-corrected chi connectivity index (χ0v) is 13.1. The first-order valence-electron chi connectivity index (χ1n) is 6.68. The first kappa shape index (κ1) is 15.2. The van der Waals surface area contributed by atoms with E-state index in [4.69, 9.17) is 0 Å². The second-order valence-electron chi connectivity index (χ2n) is 5.69. The van der Waals surface area contributed by atoms with Crippen molar-refractivity contribution in [3.8, 4) is 0 Å². The van der Waals surface area contributed by atoms with Gasteiger partial charge in [-0.2, -0.15) is 0 Å². The van der Waals surface area contributed by atoms with E-state index in [1.165, 1.54) is 17.4 Å². The van der Waals surface area contributed by atoms with Crippen LogP contribution in [-0.4, -0.2) is 48.2 Å². The van der Waals surface area contributed by atoms with Crippen molar-refractivity contribution < 1.29 is 10.0 Å². The number of hydrogen-bond donors (Lipinski definition) is 1. The van der Waals surface area contributed by atoms with Gasteiger partial charge < -0.3 is 14.9 Å². The van der Waals surface area contributed by atoms with Crippen LogP contribution in [0.15, 0.2) is 6.07 Å². The van der Waals surface area contributed by atoms with E-state index in [1.807, 2.05) is 14.1 Å². The van der Waals surface area contributed by atoms with Gasteiger partial charge in [0.1, 0.15) is 0 Å². The van der Waals surface area contributed by atoms with E-state index in [-0.39, 0.29) is 10.6 Å². The van der Waals surface area contributed by atoms with Gasteiger partial charge in [0.25, 0.3) is 0 Å². The quantitative estimate of drug-likeness (QED) is 0.681. The van der Waals surface area contributed by atoms with Crippen molar-refractivity contribution in [3.05, 3.63) is 21.1 Å². The lowest BCUT2D eigenvalue weighted by atomic mass is 10.1. The topological polar surface area (TPSA) is 69.8 Å². The van der Waals surface area contributed by atoms with Crippen molar-refractivity contribution in [1.82, 2.24) is 4.90 Å². The largest absolute Gasteiger partial charge is 0.388 e. The second-order valence-corrected chi connectivity index (χ2v) is 6.75. The van der Waals surface area contributed by atoms with E-state index in [0.717, 1.165) is 13.1 Å². The summed E-state index contributed by atoms with van der Waals surface area (Å²) >= 11 is 1.32. The molecule has 1 aliphatic rings. The minimum absolute atomic E-state index is 0.109. The minimum atomic E-state index is -0.669. The predicted molar refractivity (Wildman–Crippen MR) is 80.5 cm³/mol. The van der Waals surface area contributed by atoms with Crippen LogP contribution in [0.4, 0.5) is 10.7 Å². The predicted octanol–water partition coefficient (Wildman–Crippen LogP) is 2.10. The molecule has 112 valence electrons. The van der Waals surface area contributed by atoms with Crippen LogP contribution in [0.1, 0.15) is 24.8 Å². The van der Waals surface area contributed by atoms with Crippen molar-refractivity contribution in [2.24, 2.45) is 5.92 Å². The molecule has 1 saturated heterocycles. The lowest BCUT2D eigenvalue weighted by molar-refractivity contribution is -0.383. The molecule has 2 rings (SSSR count). The van der Waals surface area contributed by atoms with Crippen LogP contribution < -0.4 is 4.90 Å². The van der Waals surface area contributed by atoms with Crippen molar-refractivity contribution >= 4 is 22.0 Å². The van der Waals surface area contributed by atoms with Crippen LogP contribution in [0.25, 0.3) is 0 Å². The van der Waals surface area contributed by atoms with E-state index in [9.17, 15) is 15.2 Å². The normalized spacial score (nSPS) is 24.4. The monoisotopic (exact) mass is 299 g/mol. The van der Waals surface area contributed by atoms with Crippen molar-refractivity contribution in [2.45, 2.75) is 26.0 Å². The molecule has 1 fully saturated rings. The van der Waals surface area contributed by atoms with Crippen molar-refractivity contribution in [1.29, 1.82) is 0 Å². The Labute approximate surface area is 122 Å². The molecule has 0 radical (unpaired) electrons. The number of aliphatic hydroxyl groups excluding tert-OH is 1. The number of anilines is 1. The smallest absolute Gasteiger partial charge is 0.304 e. The zero-order chi connectivity index (χ0) is 15.0. The van der Waals surface area contributed by atoms with E-state index in [1.54, 1.807) is 6.92 Å². The molecule has 3 atom stereocenters. The first-order valence-corrected chi connectivity index (χ1v) is 7.50. The fourth-order valence-corrected chi connectivity index (χ4v) is 3.82. The summed E-state index contributed by atoms with van der Waals surface area (Å²) in [6.07, 6.45) is -0.669. The molecule has 0 saturated carbocycles. The van der Waals surface area contributed by atoms with Crippen LogP contribution in [0.2, 0.25) is 0 Å². The summed E-state index contributed by atoms with van der Waals surface area (Å²) < 4.78 is 0. The molecule has 1 aromatic rings. The second kappa shape index (κ2) is 5.67. The number of nitro groups is 1. The minimum Gasteiger partial charge on any atom is -0.388 e. The van der Waals surface area contributed by atoms with E-state index in [2.05, 4.69) is 16.7 Å². The van der Waals surface area contributed by atoms with E-state index >= 15 is 0 Å². The van der Waals surface area contributed by atoms with Gasteiger partial charge in [-0.3, -0.25) is 10.1 Å². The molecule has 1 N–H and O–H groups in total. The van der Waals surface area contributed by atoms with Crippen LogP contribution in [0.3, 0.4) is 0 Å². The Morgan fingerprint density at radius 1 is 1.55 bits per heavy atom. The lowest BCUT2D eigenvalue weighted by Gasteiger charge is -2.22. The molecule has 0 aromatic carbocycles. The number of aliphatic hydroxyl groups is 1. The summed E-state index contributed by atoms with van der Waals surface area (Å²) in [6.45, 7) is 5.40. The van der Waals surface area contributed by atoms with Gasteiger partial charge in [0, 0.05) is 30.1 Å². The van der Waals surface area contributed by atoms with E-state index < -0.39 is 6.10 Å². The summed E-state index contributed by atoms with van der Waals surface area (Å²) in [4.78, 5) is 15.7. The molecule has 1 aromatic heterocycles. The Bertz CT molecular complexity index is 501. The Morgan fingerprint density at radius 2 is 2.20 bits per heavy atom. The van der Waals surface area contributed by atoms with Gasteiger partial charge in [0.2, 0.25) is 0 Å². The van der Waals surface area contributed by atoms with Gasteiger partial charge in [-0.05, 0) is 26.9 Å². The Morgan fingerprint density at radius 3 is 2.65 bits per heavy atom.